The summed E-state index contributed by atoms with van der Waals surface area (Å²) in [6.45, 7) is 7.21. The van der Waals surface area contributed by atoms with Crippen LogP contribution >= 0.6 is 0 Å². The molecule has 1 unspecified atom stereocenters. The Morgan fingerprint density at radius 3 is 2.40 bits per heavy atom. The van der Waals surface area contributed by atoms with Crippen molar-refractivity contribution in [1.29, 1.82) is 0 Å². The average Bonchev–Trinajstić information content (AvgIpc) is 2.14. The summed E-state index contributed by atoms with van der Waals surface area (Å²) in [4.78, 5) is 11.0. The molecule has 3 N–H and O–H groups in total. The zero-order chi connectivity index (χ0) is 11.9. The fraction of sp³-hybridized carbons (Fsp3) is 0.909. The maximum absolute atomic E-state index is 11.0. The van der Waals surface area contributed by atoms with Crippen LogP contribution in [-0.4, -0.2) is 37.3 Å². The molecule has 0 heterocycles. The molecule has 0 aliphatic rings. The van der Waals surface area contributed by atoms with Crippen molar-refractivity contribution >= 4 is 5.91 Å². The van der Waals surface area contributed by atoms with Crippen LogP contribution in [0.5, 0.6) is 0 Å². The largest absolute Gasteiger partial charge is 0.396 e. The summed E-state index contributed by atoms with van der Waals surface area (Å²) in [6.07, 6.45) is 1.20. The van der Waals surface area contributed by atoms with Gasteiger partial charge in [-0.05, 0) is 11.8 Å². The number of carbonyl (C=O) groups is 1. The van der Waals surface area contributed by atoms with Crippen molar-refractivity contribution in [3.05, 3.63) is 0 Å². The second kappa shape index (κ2) is 6.80. The molecule has 0 spiro atoms. The standard InChI is InChI=1S/C11H24N2O2/c1-11(2,3)9(6-8-14)13-7-5-10(15)12-4/h9,13-14H,5-8H2,1-4H3,(H,12,15). The highest BCUT2D eigenvalue weighted by Gasteiger charge is 2.23. The minimum Gasteiger partial charge on any atom is -0.396 e. The quantitative estimate of drug-likeness (QED) is 0.606. The maximum Gasteiger partial charge on any atom is 0.221 e. The highest BCUT2D eigenvalue weighted by atomic mass is 16.3. The fourth-order valence-corrected chi connectivity index (χ4v) is 1.46. The van der Waals surface area contributed by atoms with Crippen molar-refractivity contribution in [2.75, 3.05) is 20.2 Å². The van der Waals surface area contributed by atoms with E-state index >= 15 is 0 Å². The Morgan fingerprint density at radius 2 is 2.00 bits per heavy atom. The van der Waals surface area contributed by atoms with E-state index in [0.717, 1.165) is 6.42 Å². The fourth-order valence-electron chi connectivity index (χ4n) is 1.46. The molecule has 0 aromatic rings. The molecule has 0 aliphatic carbocycles. The first-order valence-corrected chi connectivity index (χ1v) is 5.46. The summed E-state index contributed by atoms with van der Waals surface area (Å²) in [5.74, 6) is 0.0409. The molecule has 0 saturated heterocycles. The molecule has 0 fully saturated rings. The van der Waals surface area contributed by atoms with Crippen molar-refractivity contribution in [2.24, 2.45) is 5.41 Å². The third-order valence-corrected chi connectivity index (χ3v) is 2.48. The molecule has 0 aromatic heterocycles. The Bertz CT molecular complexity index is 188. The van der Waals surface area contributed by atoms with Gasteiger partial charge in [0, 0.05) is 32.7 Å². The third kappa shape index (κ3) is 6.47. The van der Waals surface area contributed by atoms with E-state index < -0.39 is 0 Å². The van der Waals surface area contributed by atoms with Crippen molar-refractivity contribution < 1.29 is 9.90 Å². The normalized spacial score (nSPS) is 13.7. The molecule has 4 nitrogen and oxygen atoms in total. The Morgan fingerprint density at radius 1 is 1.40 bits per heavy atom. The number of aliphatic hydroxyl groups excluding tert-OH is 1. The molecule has 90 valence electrons. The predicted octanol–water partition coefficient (Wildman–Crippen LogP) is 0.509. The van der Waals surface area contributed by atoms with E-state index in [2.05, 4.69) is 31.4 Å². The van der Waals surface area contributed by atoms with E-state index in [-0.39, 0.29) is 24.0 Å². The third-order valence-electron chi connectivity index (χ3n) is 2.48. The number of hydrogen-bond donors (Lipinski definition) is 3. The zero-order valence-electron chi connectivity index (χ0n) is 10.3. The van der Waals surface area contributed by atoms with Crippen LogP contribution in [0.4, 0.5) is 0 Å². The molecule has 4 heteroatoms. The van der Waals surface area contributed by atoms with Crippen LogP contribution in [0.15, 0.2) is 0 Å². The molecular weight excluding hydrogens is 192 g/mol. The summed E-state index contributed by atoms with van der Waals surface area (Å²) >= 11 is 0. The monoisotopic (exact) mass is 216 g/mol. The Labute approximate surface area is 92.4 Å². The highest BCUT2D eigenvalue weighted by molar-refractivity contribution is 5.75. The molecule has 0 radical (unpaired) electrons. The van der Waals surface area contributed by atoms with Gasteiger partial charge in [-0.3, -0.25) is 4.79 Å². The van der Waals surface area contributed by atoms with Crippen molar-refractivity contribution in [2.45, 2.75) is 39.7 Å². The minimum absolute atomic E-state index is 0.0409. The van der Waals surface area contributed by atoms with Gasteiger partial charge in [0.25, 0.3) is 0 Å². The number of aliphatic hydroxyl groups is 1. The van der Waals surface area contributed by atoms with Gasteiger partial charge in [-0.25, -0.2) is 0 Å². The van der Waals surface area contributed by atoms with Crippen LogP contribution in [0.1, 0.15) is 33.6 Å². The number of amides is 1. The maximum atomic E-state index is 11.0. The Balaban J connectivity index is 3.92. The molecule has 0 rings (SSSR count). The first kappa shape index (κ1) is 14.4. The van der Waals surface area contributed by atoms with Gasteiger partial charge >= 0.3 is 0 Å². The lowest BCUT2D eigenvalue weighted by Gasteiger charge is -2.31. The van der Waals surface area contributed by atoms with E-state index in [1.807, 2.05) is 0 Å². The molecule has 1 atom stereocenters. The second-order valence-electron chi connectivity index (χ2n) is 4.81. The van der Waals surface area contributed by atoms with E-state index in [1.54, 1.807) is 7.05 Å². The first-order valence-electron chi connectivity index (χ1n) is 5.46. The topological polar surface area (TPSA) is 61.4 Å². The van der Waals surface area contributed by atoms with Gasteiger partial charge in [-0.15, -0.1) is 0 Å². The van der Waals surface area contributed by atoms with Gasteiger partial charge < -0.3 is 15.7 Å². The van der Waals surface area contributed by atoms with Crippen LogP contribution in [0.2, 0.25) is 0 Å². The van der Waals surface area contributed by atoms with Gasteiger partial charge in [0.05, 0.1) is 0 Å². The molecule has 15 heavy (non-hydrogen) atoms. The molecule has 1 amide bonds. The van der Waals surface area contributed by atoms with Crippen molar-refractivity contribution in [1.82, 2.24) is 10.6 Å². The van der Waals surface area contributed by atoms with Gasteiger partial charge in [-0.2, -0.15) is 0 Å². The highest BCUT2D eigenvalue weighted by Crippen LogP contribution is 2.21. The molecule has 0 aromatic carbocycles. The number of carbonyl (C=O) groups excluding carboxylic acids is 1. The summed E-state index contributed by atoms with van der Waals surface area (Å²) in [5.41, 5.74) is 0.103. The molecule has 0 saturated carbocycles. The summed E-state index contributed by atoms with van der Waals surface area (Å²) < 4.78 is 0. The van der Waals surface area contributed by atoms with Gasteiger partial charge in [0.2, 0.25) is 5.91 Å². The second-order valence-corrected chi connectivity index (χ2v) is 4.81. The van der Waals surface area contributed by atoms with E-state index in [1.165, 1.54) is 0 Å². The minimum atomic E-state index is 0.0409. The van der Waals surface area contributed by atoms with Crippen LogP contribution in [0.25, 0.3) is 0 Å². The Hall–Kier alpha value is -0.610. The van der Waals surface area contributed by atoms with Crippen LogP contribution in [0.3, 0.4) is 0 Å². The average molecular weight is 216 g/mol. The lowest BCUT2D eigenvalue weighted by molar-refractivity contribution is -0.120. The van der Waals surface area contributed by atoms with Gasteiger partial charge in [0.15, 0.2) is 0 Å². The van der Waals surface area contributed by atoms with Crippen LogP contribution in [-0.2, 0) is 4.79 Å². The number of rotatable bonds is 6. The number of nitrogens with one attached hydrogen (secondary N) is 2. The molecule has 0 bridgehead atoms. The lowest BCUT2D eigenvalue weighted by Crippen LogP contribution is -2.42. The molecular formula is C11H24N2O2. The van der Waals surface area contributed by atoms with E-state index in [4.69, 9.17) is 5.11 Å². The first-order chi connectivity index (χ1) is 6.91. The number of hydrogen-bond acceptors (Lipinski definition) is 3. The molecule has 0 aliphatic heterocycles. The van der Waals surface area contributed by atoms with Gasteiger partial charge in [0.1, 0.15) is 0 Å². The summed E-state index contributed by atoms with van der Waals surface area (Å²) in [7, 11) is 1.64. The summed E-state index contributed by atoms with van der Waals surface area (Å²) in [6, 6.07) is 0.243. The lowest BCUT2D eigenvalue weighted by atomic mass is 9.85. The van der Waals surface area contributed by atoms with E-state index in [9.17, 15) is 4.79 Å². The van der Waals surface area contributed by atoms with Crippen molar-refractivity contribution in [3.8, 4) is 0 Å². The van der Waals surface area contributed by atoms with E-state index in [0.29, 0.717) is 13.0 Å². The zero-order valence-corrected chi connectivity index (χ0v) is 10.3. The summed E-state index contributed by atoms with van der Waals surface area (Å²) in [5, 5.41) is 14.8. The van der Waals surface area contributed by atoms with Gasteiger partial charge in [-0.1, -0.05) is 20.8 Å². The smallest absolute Gasteiger partial charge is 0.221 e. The van der Waals surface area contributed by atoms with Crippen LogP contribution < -0.4 is 10.6 Å². The predicted molar refractivity (Wildman–Crippen MR) is 61.6 cm³/mol. The Kier molecular flexibility index (Phi) is 6.52. The van der Waals surface area contributed by atoms with Crippen molar-refractivity contribution in [3.63, 3.8) is 0 Å². The SMILES string of the molecule is CNC(=O)CCNC(CCO)C(C)(C)C. The van der Waals surface area contributed by atoms with Crippen LogP contribution in [0, 0.1) is 5.41 Å².